The Labute approximate surface area is 233 Å². The molecule has 1 aliphatic carbocycles. The van der Waals surface area contributed by atoms with Crippen molar-refractivity contribution in [2.45, 2.75) is 87.8 Å². The van der Waals surface area contributed by atoms with Crippen LogP contribution in [0.25, 0.3) is 0 Å². The number of primary amides is 1. The lowest BCUT2D eigenvalue weighted by Crippen LogP contribution is -2.57. The number of ether oxygens (including phenoxy) is 1. The number of unbranched alkanes of at least 4 members (excludes halogenated alkanes) is 1. The summed E-state index contributed by atoms with van der Waals surface area (Å²) in [5.41, 5.74) is 8.90. The number of ketones is 1. The number of piperidine rings is 1. The summed E-state index contributed by atoms with van der Waals surface area (Å²) in [4.78, 5) is 27.4. The van der Waals surface area contributed by atoms with Crippen LogP contribution in [0.1, 0.15) is 80.3 Å². The molecule has 2 N–H and O–H groups in total. The Kier molecular flexibility index (Phi) is 9.17. The van der Waals surface area contributed by atoms with E-state index >= 15 is 0 Å². The van der Waals surface area contributed by atoms with E-state index in [4.69, 9.17) is 10.5 Å². The number of carbonyl (C=O) groups excluding carboxylic acids is 2. The number of rotatable bonds is 13. The Bertz CT molecular complexity index is 1270. The van der Waals surface area contributed by atoms with Crippen molar-refractivity contribution in [2.24, 2.45) is 11.7 Å². The molecule has 2 aromatic rings. The van der Waals surface area contributed by atoms with E-state index in [0.29, 0.717) is 56.7 Å². The summed E-state index contributed by atoms with van der Waals surface area (Å²) in [6, 6.07) is 12.7. The Morgan fingerprint density at radius 1 is 1.05 bits per heavy atom. The number of hydrogen-bond acceptors (Lipinski definition) is 6. The molecule has 0 radical (unpaired) electrons. The van der Waals surface area contributed by atoms with Crippen LogP contribution < -0.4 is 10.5 Å². The van der Waals surface area contributed by atoms with Gasteiger partial charge in [-0.05, 0) is 99.2 Å². The molecule has 1 saturated heterocycles. The van der Waals surface area contributed by atoms with Crippen molar-refractivity contribution in [1.82, 2.24) is 4.90 Å². The number of sulfone groups is 1. The number of nitrogens with two attached hydrogens (primary N) is 1. The van der Waals surface area contributed by atoms with Crippen LogP contribution in [0.3, 0.4) is 0 Å². The maximum absolute atomic E-state index is 13.5. The molecule has 2 aliphatic rings. The van der Waals surface area contributed by atoms with Crippen molar-refractivity contribution in [3.8, 4) is 5.75 Å². The van der Waals surface area contributed by atoms with Gasteiger partial charge in [0.1, 0.15) is 5.75 Å². The minimum atomic E-state index is -3.94. The molecular weight excluding hydrogens is 512 g/mol. The number of aryl methyl sites for hydroxylation is 1. The van der Waals surface area contributed by atoms with E-state index < -0.39 is 20.5 Å². The molecule has 0 spiro atoms. The number of benzene rings is 2. The fourth-order valence-corrected chi connectivity index (χ4v) is 7.47. The molecule has 7 nitrogen and oxygen atoms in total. The third-order valence-electron chi connectivity index (χ3n) is 8.13. The van der Waals surface area contributed by atoms with E-state index in [1.165, 1.54) is 17.7 Å². The quantitative estimate of drug-likeness (QED) is 0.279. The van der Waals surface area contributed by atoms with E-state index in [9.17, 15) is 18.0 Å². The van der Waals surface area contributed by atoms with Gasteiger partial charge in [-0.2, -0.15) is 0 Å². The highest BCUT2D eigenvalue weighted by atomic mass is 32.2. The van der Waals surface area contributed by atoms with Crippen LogP contribution in [-0.2, 0) is 21.1 Å². The van der Waals surface area contributed by atoms with Crippen LogP contribution in [0.15, 0.2) is 47.4 Å². The largest absolute Gasteiger partial charge is 0.494 e. The van der Waals surface area contributed by atoms with Crippen molar-refractivity contribution in [3.63, 3.8) is 0 Å². The molecule has 1 heterocycles. The second kappa shape index (κ2) is 12.2. The predicted octanol–water partition coefficient (Wildman–Crippen LogP) is 4.88. The smallest absolute Gasteiger partial charge is 0.239 e. The van der Waals surface area contributed by atoms with Crippen molar-refractivity contribution < 1.29 is 22.7 Å². The first-order valence-electron chi connectivity index (χ1n) is 14.2. The Balaban J connectivity index is 1.26. The van der Waals surface area contributed by atoms with Crippen molar-refractivity contribution in [1.29, 1.82) is 0 Å². The molecule has 39 heavy (non-hydrogen) atoms. The molecule has 0 atom stereocenters. The third kappa shape index (κ3) is 6.72. The third-order valence-corrected chi connectivity index (χ3v) is 10.7. The zero-order valence-electron chi connectivity index (χ0n) is 23.4. The van der Waals surface area contributed by atoms with Crippen LogP contribution in [-0.4, -0.2) is 55.5 Å². The SMILES string of the molecule is Cc1cc(C(=O)CCCCOc2ccc(S(=O)(=O)C3(C(N)=O)CCN(C4CC4)CC3)cc2)ccc1CC(C)C. The molecular formula is C31H42N2O5S. The first-order valence-corrected chi connectivity index (χ1v) is 15.7. The lowest BCUT2D eigenvalue weighted by molar-refractivity contribution is -0.121. The number of amides is 1. The van der Waals surface area contributed by atoms with Crippen LogP contribution in [0, 0.1) is 12.8 Å². The molecule has 2 aromatic carbocycles. The number of Topliss-reactive ketones (excluding diaryl/α,β-unsaturated/α-hetero) is 1. The highest BCUT2D eigenvalue weighted by molar-refractivity contribution is 7.93. The zero-order valence-corrected chi connectivity index (χ0v) is 24.3. The number of carbonyl (C=O) groups is 2. The number of hydrogen-bond donors (Lipinski definition) is 1. The van der Waals surface area contributed by atoms with Gasteiger partial charge in [-0.1, -0.05) is 26.0 Å². The van der Waals surface area contributed by atoms with E-state index in [-0.39, 0.29) is 23.5 Å². The molecule has 1 saturated carbocycles. The summed E-state index contributed by atoms with van der Waals surface area (Å²) in [6.07, 6.45) is 5.60. The lowest BCUT2D eigenvalue weighted by atomic mass is 9.95. The summed E-state index contributed by atoms with van der Waals surface area (Å²) < 4.78 is 31.3. The first-order chi connectivity index (χ1) is 18.5. The molecule has 0 bridgehead atoms. The van der Waals surface area contributed by atoms with E-state index in [1.54, 1.807) is 12.1 Å². The number of nitrogens with zero attached hydrogens (tertiary/aromatic N) is 1. The average molecular weight is 555 g/mol. The molecule has 4 rings (SSSR count). The van der Waals surface area contributed by atoms with Gasteiger partial charge in [0.15, 0.2) is 20.4 Å². The fraction of sp³-hybridized carbons (Fsp3) is 0.548. The average Bonchev–Trinajstić information content (AvgIpc) is 3.75. The normalized spacial score (nSPS) is 17.7. The van der Waals surface area contributed by atoms with E-state index in [2.05, 4.69) is 31.7 Å². The Hall–Kier alpha value is -2.71. The molecule has 8 heteroatoms. The monoisotopic (exact) mass is 554 g/mol. The van der Waals surface area contributed by atoms with Crippen molar-refractivity contribution >= 4 is 21.5 Å². The minimum Gasteiger partial charge on any atom is -0.494 e. The maximum Gasteiger partial charge on any atom is 0.239 e. The molecule has 212 valence electrons. The van der Waals surface area contributed by atoms with Crippen molar-refractivity contribution in [3.05, 3.63) is 59.2 Å². The summed E-state index contributed by atoms with van der Waals surface area (Å²) in [6.45, 7) is 8.00. The van der Waals surface area contributed by atoms with Gasteiger partial charge in [-0.3, -0.25) is 9.59 Å². The van der Waals surface area contributed by atoms with Crippen LogP contribution in [0.5, 0.6) is 5.75 Å². The topological polar surface area (TPSA) is 107 Å². The Morgan fingerprint density at radius 3 is 2.28 bits per heavy atom. The standard InChI is InChI=1S/C31H42N2O5S/c1-22(2)20-24-7-8-25(21-23(24)3)29(34)6-4-5-19-38-27-11-13-28(14-12-27)39(36,37)31(30(32)35)15-17-33(18-16-31)26-9-10-26/h7-8,11-14,21-22,26H,4-6,9-10,15-20H2,1-3H3,(H2,32,35). The molecule has 2 fully saturated rings. The van der Waals surface area contributed by atoms with Gasteiger partial charge in [-0.25, -0.2) is 8.42 Å². The van der Waals surface area contributed by atoms with Crippen LogP contribution >= 0.6 is 0 Å². The fourth-order valence-electron chi connectivity index (χ4n) is 5.54. The summed E-state index contributed by atoms with van der Waals surface area (Å²) in [5.74, 6) is 0.491. The van der Waals surface area contributed by atoms with Gasteiger partial charge < -0.3 is 15.4 Å². The molecule has 1 aliphatic heterocycles. The minimum absolute atomic E-state index is 0.0915. The second-order valence-corrected chi connectivity index (χ2v) is 13.8. The maximum atomic E-state index is 13.5. The molecule has 1 amide bonds. The Morgan fingerprint density at radius 2 is 1.72 bits per heavy atom. The van der Waals surface area contributed by atoms with Crippen LogP contribution in [0.4, 0.5) is 0 Å². The highest BCUT2D eigenvalue weighted by Crippen LogP contribution is 2.39. The van der Waals surface area contributed by atoms with E-state index in [0.717, 1.165) is 30.4 Å². The van der Waals surface area contributed by atoms with Crippen molar-refractivity contribution in [2.75, 3.05) is 19.7 Å². The van der Waals surface area contributed by atoms with Crippen LogP contribution in [0.2, 0.25) is 0 Å². The van der Waals surface area contributed by atoms with Gasteiger partial charge in [0.25, 0.3) is 0 Å². The zero-order chi connectivity index (χ0) is 28.2. The first kappa shape index (κ1) is 29.3. The molecule has 0 aromatic heterocycles. The van der Waals surface area contributed by atoms with Gasteiger partial charge in [0.05, 0.1) is 11.5 Å². The highest BCUT2D eigenvalue weighted by Gasteiger charge is 2.52. The van der Waals surface area contributed by atoms with Gasteiger partial charge in [0.2, 0.25) is 5.91 Å². The summed E-state index contributed by atoms with van der Waals surface area (Å²) in [5, 5.41) is 0. The second-order valence-electron chi connectivity index (χ2n) is 11.6. The van der Waals surface area contributed by atoms with Gasteiger partial charge in [-0.15, -0.1) is 0 Å². The van der Waals surface area contributed by atoms with Gasteiger partial charge >= 0.3 is 0 Å². The number of likely N-dealkylation sites (tertiary alicyclic amines) is 1. The lowest BCUT2D eigenvalue weighted by Gasteiger charge is -2.39. The summed E-state index contributed by atoms with van der Waals surface area (Å²) in [7, 11) is -3.94. The molecule has 0 unspecified atom stereocenters. The van der Waals surface area contributed by atoms with Gasteiger partial charge in [0, 0.05) is 31.1 Å². The summed E-state index contributed by atoms with van der Waals surface area (Å²) >= 11 is 0. The predicted molar refractivity (Wildman–Crippen MR) is 153 cm³/mol. The van der Waals surface area contributed by atoms with E-state index in [1.807, 2.05) is 12.1 Å².